The summed E-state index contributed by atoms with van der Waals surface area (Å²) in [6, 6.07) is 6.12. The predicted octanol–water partition coefficient (Wildman–Crippen LogP) is 5.10. The summed E-state index contributed by atoms with van der Waals surface area (Å²) in [5, 5.41) is 0.812. The van der Waals surface area contributed by atoms with Crippen LogP contribution in [-0.2, 0) is 5.88 Å². The van der Waals surface area contributed by atoms with Gasteiger partial charge in [-0.15, -0.1) is 11.6 Å². The van der Waals surface area contributed by atoms with Crippen LogP contribution in [0.5, 0.6) is 0 Å². The van der Waals surface area contributed by atoms with Crippen LogP contribution in [0, 0.1) is 5.92 Å². The lowest BCUT2D eigenvalue weighted by molar-refractivity contribution is 0.362. The average Bonchev–Trinajstić information content (AvgIpc) is 2.39. The minimum absolute atomic E-state index is 0.520. The van der Waals surface area contributed by atoms with E-state index in [9.17, 15) is 0 Å². The van der Waals surface area contributed by atoms with Gasteiger partial charge in [0, 0.05) is 19.5 Å². The molecule has 1 saturated carbocycles. The number of alkyl halides is 1. The summed E-state index contributed by atoms with van der Waals surface area (Å²) in [6.07, 6.45) is 6.91. The highest BCUT2D eigenvalue weighted by Gasteiger charge is 2.16. The van der Waals surface area contributed by atoms with Gasteiger partial charge in [0.1, 0.15) is 0 Å². The highest BCUT2D eigenvalue weighted by molar-refractivity contribution is 6.33. The predicted molar refractivity (Wildman–Crippen MR) is 80.9 cm³/mol. The first-order valence-corrected chi connectivity index (χ1v) is 7.67. The van der Waals surface area contributed by atoms with Gasteiger partial charge in [-0.1, -0.05) is 36.9 Å². The molecule has 0 bridgehead atoms. The van der Waals surface area contributed by atoms with Crippen LogP contribution in [-0.4, -0.2) is 13.6 Å². The van der Waals surface area contributed by atoms with Crippen molar-refractivity contribution in [2.24, 2.45) is 5.92 Å². The smallest absolute Gasteiger partial charge is 0.0642 e. The van der Waals surface area contributed by atoms with Crippen LogP contribution in [0.15, 0.2) is 18.2 Å². The standard InChI is InChI=1S/C15H21Cl2N/c1-18(11-12-5-3-2-4-6-12)15-8-7-13(10-16)9-14(15)17/h7-9,12H,2-6,10-11H2,1H3. The third-order valence-electron chi connectivity index (χ3n) is 3.83. The van der Waals surface area contributed by atoms with Gasteiger partial charge in [0.15, 0.2) is 0 Å². The van der Waals surface area contributed by atoms with Crippen molar-refractivity contribution in [2.75, 3.05) is 18.5 Å². The van der Waals surface area contributed by atoms with Crippen LogP contribution in [0.3, 0.4) is 0 Å². The highest BCUT2D eigenvalue weighted by Crippen LogP contribution is 2.30. The maximum absolute atomic E-state index is 6.32. The fourth-order valence-electron chi connectivity index (χ4n) is 2.80. The van der Waals surface area contributed by atoms with E-state index < -0.39 is 0 Å². The van der Waals surface area contributed by atoms with Crippen LogP contribution in [0.25, 0.3) is 0 Å². The Morgan fingerprint density at radius 3 is 2.56 bits per heavy atom. The molecule has 3 heteroatoms. The highest BCUT2D eigenvalue weighted by atomic mass is 35.5. The van der Waals surface area contributed by atoms with E-state index in [1.807, 2.05) is 6.07 Å². The van der Waals surface area contributed by atoms with E-state index >= 15 is 0 Å². The molecule has 1 aromatic rings. The summed E-state index contributed by atoms with van der Waals surface area (Å²) in [4.78, 5) is 2.29. The molecule has 0 N–H and O–H groups in total. The van der Waals surface area contributed by atoms with E-state index in [1.165, 1.54) is 32.1 Å². The third-order valence-corrected chi connectivity index (χ3v) is 4.45. The van der Waals surface area contributed by atoms with Crippen LogP contribution >= 0.6 is 23.2 Å². The second-order valence-corrected chi connectivity index (χ2v) is 5.98. The van der Waals surface area contributed by atoms with Gasteiger partial charge < -0.3 is 4.90 Å². The number of rotatable bonds is 4. The van der Waals surface area contributed by atoms with Crippen LogP contribution < -0.4 is 4.90 Å². The van der Waals surface area contributed by atoms with Crippen molar-refractivity contribution in [1.82, 2.24) is 0 Å². The topological polar surface area (TPSA) is 3.24 Å². The molecule has 0 unspecified atom stereocenters. The van der Waals surface area contributed by atoms with Gasteiger partial charge >= 0.3 is 0 Å². The van der Waals surface area contributed by atoms with Crippen LogP contribution in [0.1, 0.15) is 37.7 Å². The molecule has 0 spiro atoms. The Bertz CT molecular complexity index is 386. The van der Waals surface area contributed by atoms with Gasteiger partial charge in [-0.25, -0.2) is 0 Å². The van der Waals surface area contributed by atoms with Crippen LogP contribution in [0.2, 0.25) is 5.02 Å². The van der Waals surface area contributed by atoms with E-state index in [0.29, 0.717) is 5.88 Å². The molecule has 1 nitrogen and oxygen atoms in total. The zero-order chi connectivity index (χ0) is 13.0. The Morgan fingerprint density at radius 1 is 1.22 bits per heavy atom. The lowest BCUT2D eigenvalue weighted by Crippen LogP contribution is -2.27. The number of hydrogen-bond donors (Lipinski definition) is 0. The summed E-state index contributed by atoms with van der Waals surface area (Å²) in [5.41, 5.74) is 2.20. The van der Waals surface area contributed by atoms with Gasteiger partial charge in [0.25, 0.3) is 0 Å². The van der Waals surface area contributed by atoms with Crippen molar-refractivity contribution in [3.8, 4) is 0 Å². The quantitative estimate of drug-likeness (QED) is 0.696. The molecule has 0 saturated heterocycles. The van der Waals surface area contributed by atoms with Gasteiger partial charge in [-0.05, 0) is 36.5 Å². The van der Waals surface area contributed by atoms with E-state index in [1.54, 1.807) is 0 Å². The maximum atomic E-state index is 6.32. The number of benzene rings is 1. The molecule has 1 aromatic carbocycles. The molecular weight excluding hydrogens is 265 g/mol. The van der Waals surface area contributed by atoms with E-state index in [4.69, 9.17) is 23.2 Å². The second kappa shape index (κ2) is 6.68. The van der Waals surface area contributed by atoms with Crippen molar-refractivity contribution < 1.29 is 0 Å². The molecule has 0 amide bonds. The summed E-state index contributed by atoms with van der Waals surface area (Å²) in [7, 11) is 2.14. The third kappa shape index (κ3) is 3.55. The molecule has 1 fully saturated rings. The Hall–Kier alpha value is -0.400. The van der Waals surface area contributed by atoms with Gasteiger partial charge in [-0.2, -0.15) is 0 Å². The van der Waals surface area contributed by atoms with Crippen molar-refractivity contribution in [1.29, 1.82) is 0 Å². The minimum Gasteiger partial charge on any atom is -0.373 e. The first-order valence-electron chi connectivity index (χ1n) is 6.76. The van der Waals surface area contributed by atoms with Crippen molar-refractivity contribution in [3.63, 3.8) is 0 Å². The van der Waals surface area contributed by atoms with Crippen molar-refractivity contribution >= 4 is 28.9 Å². The molecule has 0 heterocycles. The Balaban J connectivity index is 2.01. The minimum atomic E-state index is 0.520. The summed E-state index contributed by atoms with van der Waals surface area (Å²) >= 11 is 12.1. The molecule has 0 aliphatic heterocycles. The lowest BCUT2D eigenvalue weighted by Gasteiger charge is -2.29. The summed E-state index contributed by atoms with van der Waals surface area (Å²) in [5.74, 6) is 1.35. The molecule has 18 heavy (non-hydrogen) atoms. The average molecular weight is 286 g/mol. The SMILES string of the molecule is CN(CC1CCCCC1)c1ccc(CCl)cc1Cl. The Morgan fingerprint density at radius 2 is 1.94 bits per heavy atom. The number of nitrogens with zero attached hydrogens (tertiary/aromatic N) is 1. The first-order chi connectivity index (χ1) is 8.70. The van der Waals surface area contributed by atoms with E-state index in [0.717, 1.165) is 28.7 Å². The maximum Gasteiger partial charge on any atom is 0.0642 e. The second-order valence-electron chi connectivity index (χ2n) is 5.30. The zero-order valence-electron chi connectivity index (χ0n) is 11.0. The zero-order valence-corrected chi connectivity index (χ0v) is 12.5. The molecule has 100 valence electrons. The molecule has 0 aromatic heterocycles. The Labute approximate surface area is 120 Å². The van der Waals surface area contributed by atoms with E-state index in [2.05, 4.69) is 24.1 Å². The molecule has 1 aliphatic rings. The van der Waals surface area contributed by atoms with Crippen LogP contribution in [0.4, 0.5) is 5.69 Å². The number of anilines is 1. The first kappa shape index (κ1) is 14.0. The molecule has 2 rings (SSSR count). The molecule has 0 radical (unpaired) electrons. The largest absolute Gasteiger partial charge is 0.373 e. The van der Waals surface area contributed by atoms with Crippen molar-refractivity contribution in [2.45, 2.75) is 38.0 Å². The van der Waals surface area contributed by atoms with Crippen molar-refractivity contribution in [3.05, 3.63) is 28.8 Å². The summed E-state index contributed by atoms with van der Waals surface area (Å²) < 4.78 is 0. The Kier molecular flexibility index (Phi) is 5.20. The number of hydrogen-bond acceptors (Lipinski definition) is 1. The normalized spacial score (nSPS) is 16.8. The van der Waals surface area contributed by atoms with E-state index in [-0.39, 0.29) is 0 Å². The fraction of sp³-hybridized carbons (Fsp3) is 0.600. The van der Waals surface area contributed by atoms with Gasteiger partial charge in [0.05, 0.1) is 10.7 Å². The lowest BCUT2D eigenvalue weighted by atomic mass is 9.89. The molecule has 0 atom stereocenters. The van der Waals surface area contributed by atoms with Gasteiger partial charge in [0.2, 0.25) is 0 Å². The number of halogens is 2. The monoisotopic (exact) mass is 285 g/mol. The molecular formula is C15H21Cl2N. The molecule has 1 aliphatic carbocycles. The fourth-order valence-corrected chi connectivity index (χ4v) is 3.31. The van der Waals surface area contributed by atoms with Gasteiger partial charge in [-0.3, -0.25) is 0 Å². The summed E-state index contributed by atoms with van der Waals surface area (Å²) in [6.45, 7) is 1.11.